The Bertz CT molecular complexity index is 676. The van der Waals surface area contributed by atoms with Gasteiger partial charge >= 0.3 is 0 Å². The molecule has 0 aliphatic heterocycles. The molecule has 19 heavy (non-hydrogen) atoms. The number of hydrogen-bond acceptors (Lipinski definition) is 2. The van der Waals surface area contributed by atoms with Crippen LogP contribution in [0.15, 0.2) is 65.6 Å². The van der Waals surface area contributed by atoms with E-state index in [0.29, 0.717) is 0 Å². The lowest BCUT2D eigenvalue weighted by molar-refractivity contribution is 0.598. The van der Waals surface area contributed by atoms with Crippen molar-refractivity contribution in [2.24, 2.45) is 5.14 Å². The van der Waals surface area contributed by atoms with Crippen molar-refractivity contribution in [1.82, 2.24) is 0 Å². The SMILES string of the molecule is C1=Cc2ccccc2C1.NS(=O)(=O)c1ccccc1. The van der Waals surface area contributed by atoms with Crippen molar-refractivity contribution in [1.29, 1.82) is 0 Å². The van der Waals surface area contributed by atoms with Crippen molar-refractivity contribution in [3.8, 4) is 0 Å². The van der Waals surface area contributed by atoms with Crippen LogP contribution in [0.25, 0.3) is 6.08 Å². The van der Waals surface area contributed by atoms with Crippen LogP contribution in [0.4, 0.5) is 0 Å². The molecule has 2 aromatic rings. The van der Waals surface area contributed by atoms with Gasteiger partial charge in [0.15, 0.2) is 0 Å². The van der Waals surface area contributed by atoms with Gasteiger partial charge in [-0.15, -0.1) is 0 Å². The normalized spacial score (nSPS) is 12.5. The monoisotopic (exact) mass is 273 g/mol. The van der Waals surface area contributed by atoms with Crippen LogP contribution in [0.1, 0.15) is 11.1 Å². The Balaban J connectivity index is 0.000000141. The van der Waals surface area contributed by atoms with Crippen LogP contribution >= 0.6 is 0 Å². The Labute approximate surface area is 113 Å². The maximum atomic E-state index is 10.6. The van der Waals surface area contributed by atoms with E-state index < -0.39 is 10.0 Å². The number of hydrogen-bond donors (Lipinski definition) is 1. The molecule has 0 atom stereocenters. The summed E-state index contributed by atoms with van der Waals surface area (Å²) in [4.78, 5) is 0.148. The Morgan fingerprint density at radius 2 is 1.53 bits per heavy atom. The topological polar surface area (TPSA) is 60.2 Å². The predicted octanol–water partition coefficient (Wildman–Crippen LogP) is 2.59. The highest BCUT2D eigenvalue weighted by atomic mass is 32.2. The smallest absolute Gasteiger partial charge is 0.225 e. The minimum atomic E-state index is -3.50. The zero-order chi connectivity index (χ0) is 13.7. The molecule has 0 bridgehead atoms. The second kappa shape index (κ2) is 5.82. The fourth-order valence-corrected chi connectivity index (χ4v) is 2.34. The summed E-state index contributed by atoms with van der Waals surface area (Å²) in [6.45, 7) is 0. The summed E-state index contributed by atoms with van der Waals surface area (Å²) in [6.07, 6.45) is 5.50. The Hall–Kier alpha value is -1.91. The van der Waals surface area contributed by atoms with Gasteiger partial charge in [-0.05, 0) is 29.7 Å². The largest absolute Gasteiger partial charge is 0.238 e. The molecule has 98 valence electrons. The number of sulfonamides is 1. The van der Waals surface area contributed by atoms with Gasteiger partial charge in [-0.2, -0.15) is 0 Å². The van der Waals surface area contributed by atoms with Gasteiger partial charge in [0.1, 0.15) is 0 Å². The maximum Gasteiger partial charge on any atom is 0.238 e. The van der Waals surface area contributed by atoms with E-state index >= 15 is 0 Å². The van der Waals surface area contributed by atoms with E-state index in [1.807, 2.05) is 0 Å². The molecule has 3 rings (SSSR count). The van der Waals surface area contributed by atoms with Crippen molar-refractivity contribution in [3.05, 3.63) is 71.8 Å². The van der Waals surface area contributed by atoms with Crippen LogP contribution in [-0.2, 0) is 16.4 Å². The molecule has 0 amide bonds. The molecule has 0 aromatic heterocycles. The standard InChI is InChI=1S/C9H8.C6H7NO2S/c1-2-5-9-7-3-6-8(9)4-1;7-10(8,9)6-4-2-1-3-5-6/h1-6H,7H2;1-5H,(H2,7,8,9). The van der Waals surface area contributed by atoms with Crippen molar-refractivity contribution in [2.75, 3.05) is 0 Å². The quantitative estimate of drug-likeness (QED) is 0.868. The Morgan fingerprint density at radius 3 is 2.11 bits per heavy atom. The number of primary sulfonamides is 1. The van der Waals surface area contributed by atoms with Gasteiger partial charge in [-0.1, -0.05) is 54.6 Å². The van der Waals surface area contributed by atoms with Crippen LogP contribution in [0.3, 0.4) is 0 Å². The third-order valence-corrected chi connectivity index (χ3v) is 3.69. The van der Waals surface area contributed by atoms with E-state index in [1.54, 1.807) is 18.2 Å². The zero-order valence-corrected chi connectivity index (χ0v) is 11.2. The summed E-state index contributed by atoms with van der Waals surface area (Å²) in [5.74, 6) is 0. The average molecular weight is 273 g/mol. The van der Waals surface area contributed by atoms with Gasteiger partial charge in [-0.3, -0.25) is 0 Å². The molecule has 0 unspecified atom stereocenters. The minimum absolute atomic E-state index is 0.148. The molecule has 1 aliphatic carbocycles. The van der Waals surface area contributed by atoms with Crippen LogP contribution < -0.4 is 5.14 Å². The number of benzene rings is 2. The summed E-state index contributed by atoms with van der Waals surface area (Å²) < 4.78 is 21.2. The van der Waals surface area contributed by atoms with Gasteiger partial charge in [0.2, 0.25) is 10.0 Å². The first-order valence-corrected chi connectivity index (χ1v) is 7.44. The highest BCUT2D eigenvalue weighted by Crippen LogP contribution is 2.17. The molecular formula is C15H15NO2S. The third kappa shape index (κ3) is 3.77. The summed E-state index contributed by atoms with van der Waals surface area (Å²) >= 11 is 0. The number of fused-ring (bicyclic) bond motifs is 1. The van der Waals surface area contributed by atoms with Crippen LogP contribution in [-0.4, -0.2) is 8.42 Å². The van der Waals surface area contributed by atoms with Gasteiger partial charge in [-0.25, -0.2) is 13.6 Å². The zero-order valence-electron chi connectivity index (χ0n) is 10.4. The van der Waals surface area contributed by atoms with E-state index in [9.17, 15) is 8.42 Å². The maximum absolute atomic E-state index is 10.6. The molecular weight excluding hydrogens is 258 g/mol. The molecule has 0 saturated carbocycles. The lowest BCUT2D eigenvalue weighted by Crippen LogP contribution is -2.11. The van der Waals surface area contributed by atoms with Crippen LogP contribution in [0.5, 0.6) is 0 Å². The first-order chi connectivity index (χ1) is 9.07. The Morgan fingerprint density at radius 1 is 0.895 bits per heavy atom. The summed E-state index contributed by atoms with van der Waals surface area (Å²) in [5.41, 5.74) is 2.84. The molecule has 0 fully saturated rings. The Kier molecular flexibility index (Phi) is 4.14. The van der Waals surface area contributed by atoms with E-state index in [0.717, 1.165) is 6.42 Å². The van der Waals surface area contributed by atoms with Gasteiger partial charge in [0, 0.05) is 0 Å². The van der Waals surface area contributed by atoms with E-state index in [4.69, 9.17) is 5.14 Å². The molecule has 0 heterocycles. The number of allylic oxidation sites excluding steroid dienone is 1. The average Bonchev–Trinajstić information content (AvgIpc) is 2.88. The first-order valence-electron chi connectivity index (χ1n) is 5.90. The highest BCUT2D eigenvalue weighted by molar-refractivity contribution is 7.89. The van der Waals surface area contributed by atoms with Gasteiger partial charge in [0.05, 0.1) is 4.90 Å². The second-order valence-electron chi connectivity index (χ2n) is 4.16. The molecule has 1 aliphatic rings. The molecule has 0 radical (unpaired) electrons. The number of nitrogens with two attached hydrogens (primary N) is 1. The molecule has 2 N–H and O–H groups in total. The van der Waals surface area contributed by atoms with E-state index in [-0.39, 0.29) is 4.90 Å². The lowest BCUT2D eigenvalue weighted by Gasteiger charge is -1.93. The fraction of sp³-hybridized carbons (Fsp3) is 0.0667. The van der Waals surface area contributed by atoms with Gasteiger partial charge in [0.25, 0.3) is 0 Å². The van der Waals surface area contributed by atoms with Crippen molar-refractivity contribution in [3.63, 3.8) is 0 Å². The third-order valence-electron chi connectivity index (χ3n) is 2.76. The molecule has 2 aromatic carbocycles. The highest BCUT2D eigenvalue weighted by Gasteiger charge is 2.03. The van der Waals surface area contributed by atoms with Gasteiger partial charge < -0.3 is 0 Å². The van der Waals surface area contributed by atoms with Crippen molar-refractivity contribution in [2.45, 2.75) is 11.3 Å². The molecule has 0 spiro atoms. The summed E-state index contributed by atoms with van der Waals surface area (Å²) in [7, 11) is -3.50. The van der Waals surface area contributed by atoms with Crippen molar-refractivity contribution < 1.29 is 8.42 Å². The lowest BCUT2D eigenvalue weighted by atomic mass is 10.1. The van der Waals surface area contributed by atoms with E-state index in [1.165, 1.54) is 23.3 Å². The predicted molar refractivity (Wildman–Crippen MR) is 77.0 cm³/mol. The summed E-state index contributed by atoms with van der Waals surface area (Å²) in [6, 6.07) is 16.4. The first kappa shape index (κ1) is 13.5. The van der Waals surface area contributed by atoms with Crippen molar-refractivity contribution >= 4 is 16.1 Å². The van der Waals surface area contributed by atoms with E-state index in [2.05, 4.69) is 36.4 Å². The molecule has 4 heteroatoms. The fourth-order valence-electron chi connectivity index (χ4n) is 1.81. The second-order valence-corrected chi connectivity index (χ2v) is 5.72. The summed E-state index contributed by atoms with van der Waals surface area (Å²) in [5, 5.41) is 4.83. The minimum Gasteiger partial charge on any atom is -0.225 e. The molecule has 0 saturated heterocycles. The number of rotatable bonds is 1. The molecule has 3 nitrogen and oxygen atoms in total. The van der Waals surface area contributed by atoms with Crippen LogP contribution in [0, 0.1) is 0 Å². The van der Waals surface area contributed by atoms with Crippen LogP contribution in [0.2, 0.25) is 0 Å².